The van der Waals surface area contributed by atoms with Gasteiger partial charge in [0.2, 0.25) is 0 Å². The Morgan fingerprint density at radius 1 is 1.02 bits per heavy atom. The van der Waals surface area contributed by atoms with Gasteiger partial charge in [0.1, 0.15) is 18.0 Å². The minimum atomic E-state index is -4.59. The molecule has 0 radical (unpaired) electrons. The van der Waals surface area contributed by atoms with Gasteiger partial charge in [0.05, 0.1) is 11.3 Å². The lowest BCUT2D eigenvalue weighted by molar-refractivity contribution is -0.137. The van der Waals surface area contributed by atoms with E-state index in [1.165, 1.54) is 12.4 Å². The molecule has 4 N–H and O–H groups in total. The van der Waals surface area contributed by atoms with Crippen LogP contribution in [0.1, 0.15) is 32.7 Å². The number of amides is 1. The number of carbonyl (C=O) groups is 1. The summed E-state index contributed by atoms with van der Waals surface area (Å²) >= 11 is 0. The van der Waals surface area contributed by atoms with E-state index < -0.39 is 17.6 Å². The van der Waals surface area contributed by atoms with E-state index >= 15 is 0 Å². The van der Waals surface area contributed by atoms with Crippen molar-refractivity contribution in [2.75, 3.05) is 37.1 Å². The molecule has 0 fully saturated rings. The molecule has 0 spiro atoms. The van der Waals surface area contributed by atoms with E-state index in [9.17, 15) is 18.0 Å². The molecule has 0 bridgehead atoms. The van der Waals surface area contributed by atoms with Crippen LogP contribution in [-0.2, 0) is 12.7 Å². The lowest BCUT2D eigenvalue weighted by atomic mass is 10.0. The Labute approximate surface area is 229 Å². The number of benzene rings is 2. The van der Waals surface area contributed by atoms with Gasteiger partial charge < -0.3 is 16.0 Å². The third-order valence-corrected chi connectivity index (χ3v) is 5.90. The average molecular weight is 554 g/mol. The van der Waals surface area contributed by atoms with Crippen molar-refractivity contribution < 1.29 is 18.0 Å². The first-order valence-electron chi connectivity index (χ1n) is 12.3. The third kappa shape index (κ3) is 6.93. The van der Waals surface area contributed by atoms with Crippen molar-refractivity contribution in [3.8, 4) is 5.82 Å². The highest BCUT2D eigenvalue weighted by molar-refractivity contribution is 6.04. The van der Waals surface area contributed by atoms with E-state index in [-0.39, 0.29) is 12.1 Å². The lowest BCUT2D eigenvalue weighted by Gasteiger charge is -2.16. The number of anilines is 4. The number of alkyl halides is 3. The second kappa shape index (κ2) is 11.7. The van der Waals surface area contributed by atoms with E-state index in [2.05, 4.69) is 36.4 Å². The largest absolute Gasteiger partial charge is 0.416 e. The first-order valence-corrected chi connectivity index (χ1v) is 12.3. The highest BCUT2D eigenvalue weighted by Crippen LogP contribution is 2.31. The molecule has 0 saturated carbocycles. The molecule has 40 heavy (non-hydrogen) atoms. The van der Waals surface area contributed by atoms with Crippen LogP contribution < -0.4 is 21.4 Å². The lowest BCUT2D eigenvalue weighted by Crippen LogP contribution is -2.29. The molecule has 2 heterocycles. The predicted molar refractivity (Wildman–Crippen MR) is 148 cm³/mol. The summed E-state index contributed by atoms with van der Waals surface area (Å²) in [4.78, 5) is 21.5. The minimum absolute atomic E-state index is 0.0988. The van der Waals surface area contributed by atoms with Gasteiger partial charge in [-0.1, -0.05) is 6.07 Å². The van der Waals surface area contributed by atoms with Gasteiger partial charge in [0, 0.05) is 56.8 Å². The van der Waals surface area contributed by atoms with Crippen LogP contribution in [0.2, 0.25) is 0 Å². The summed E-state index contributed by atoms with van der Waals surface area (Å²) in [6.07, 6.45) is -3.16. The van der Waals surface area contributed by atoms with Crippen LogP contribution in [0.15, 0.2) is 54.9 Å². The Hall–Kier alpha value is -4.49. The molecule has 0 unspecified atom stereocenters. The van der Waals surface area contributed by atoms with Gasteiger partial charge >= 0.3 is 6.18 Å². The summed E-state index contributed by atoms with van der Waals surface area (Å²) in [7, 11) is 5.21. The minimum Gasteiger partial charge on any atom is -0.373 e. The van der Waals surface area contributed by atoms with Crippen LogP contribution in [0.25, 0.3) is 5.82 Å². The highest BCUT2D eigenvalue weighted by atomic mass is 19.4. The van der Waals surface area contributed by atoms with Gasteiger partial charge in [-0.05, 0) is 55.3 Å². The van der Waals surface area contributed by atoms with Crippen molar-refractivity contribution in [1.29, 1.82) is 0 Å². The fourth-order valence-corrected chi connectivity index (χ4v) is 3.88. The van der Waals surface area contributed by atoms with Gasteiger partial charge in [-0.3, -0.25) is 15.2 Å². The van der Waals surface area contributed by atoms with Crippen LogP contribution >= 0.6 is 0 Å². The van der Waals surface area contributed by atoms with Gasteiger partial charge in [-0.15, -0.1) is 0 Å². The zero-order chi connectivity index (χ0) is 29.0. The fraction of sp³-hybridized carbons (Fsp3) is 0.259. The summed E-state index contributed by atoms with van der Waals surface area (Å²) in [6.45, 7) is 3.87. The van der Waals surface area contributed by atoms with Crippen molar-refractivity contribution in [3.05, 3.63) is 82.8 Å². The van der Waals surface area contributed by atoms with E-state index in [1.807, 2.05) is 19.9 Å². The molecule has 10 nitrogen and oxygen atoms in total. The smallest absolute Gasteiger partial charge is 0.373 e. The van der Waals surface area contributed by atoms with Crippen molar-refractivity contribution >= 4 is 28.9 Å². The van der Waals surface area contributed by atoms with Crippen LogP contribution in [0.3, 0.4) is 0 Å². The fourth-order valence-electron chi connectivity index (χ4n) is 3.88. The molecule has 210 valence electrons. The predicted octanol–water partition coefficient (Wildman–Crippen LogP) is 4.90. The summed E-state index contributed by atoms with van der Waals surface area (Å²) in [5.74, 6) is 1.13. The molecule has 0 aliphatic carbocycles. The molecule has 0 aliphatic rings. The zero-order valence-corrected chi connectivity index (χ0v) is 22.7. The molecule has 4 aromatic rings. The van der Waals surface area contributed by atoms with Crippen LogP contribution in [0.4, 0.5) is 36.2 Å². The number of hydrazine groups is 1. The highest BCUT2D eigenvalue weighted by Gasteiger charge is 2.32. The van der Waals surface area contributed by atoms with Crippen molar-refractivity contribution in [2.24, 2.45) is 0 Å². The number of aryl methyl sites for hydroxylation is 2. The SMILES string of the molecule is CNc1cc(-n2nc(C)cc2Nc2cc(NC(=O)c3cc(CNN(C)C)cc(C(F)(F)F)c3)ccc2C)ncn1. The van der Waals surface area contributed by atoms with Crippen molar-refractivity contribution in [1.82, 2.24) is 30.2 Å². The topological polar surface area (TPSA) is 112 Å². The number of nitrogens with one attached hydrogen (secondary N) is 4. The summed E-state index contributed by atoms with van der Waals surface area (Å²) in [5, 5.41) is 15.2. The standard InChI is InChI=1S/C27H30F3N9O/c1-16-6-7-21(35-26(40)19-9-18(14-34-38(4)5)10-20(11-19)27(28,29)30)12-22(16)36-25-8-17(2)37-39(25)24-13-23(31-3)32-15-33-24/h6-13,15,34,36H,14H2,1-5H3,(H,35,40)(H,31,32,33). The molecule has 1 amide bonds. The number of hydrogen-bond donors (Lipinski definition) is 4. The molecular formula is C27H30F3N9O. The third-order valence-electron chi connectivity index (χ3n) is 5.90. The maximum atomic E-state index is 13.6. The monoisotopic (exact) mass is 553 g/mol. The van der Waals surface area contributed by atoms with Crippen molar-refractivity contribution in [3.63, 3.8) is 0 Å². The Kier molecular flexibility index (Phi) is 8.35. The van der Waals surface area contributed by atoms with Gasteiger partial charge in [0.15, 0.2) is 5.82 Å². The average Bonchev–Trinajstić information content (AvgIpc) is 3.28. The number of halogens is 3. The molecule has 0 aliphatic heterocycles. The van der Waals surface area contributed by atoms with Crippen LogP contribution in [0, 0.1) is 13.8 Å². The molecule has 2 aromatic carbocycles. The Morgan fingerprint density at radius 2 is 1.80 bits per heavy atom. The molecule has 4 rings (SSSR count). The summed E-state index contributed by atoms with van der Waals surface area (Å²) in [6, 6.07) is 12.1. The second-order valence-corrected chi connectivity index (χ2v) is 9.35. The van der Waals surface area contributed by atoms with E-state index in [1.54, 1.807) is 55.1 Å². The van der Waals surface area contributed by atoms with Gasteiger partial charge in [-0.2, -0.15) is 23.0 Å². The molecule has 2 aromatic heterocycles. The maximum absolute atomic E-state index is 13.6. The number of nitrogens with zero attached hydrogens (tertiary/aromatic N) is 5. The number of rotatable bonds is 9. The number of aromatic nitrogens is 4. The Balaban J connectivity index is 1.60. The molecular weight excluding hydrogens is 523 g/mol. The van der Waals surface area contributed by atoms with E-state index in [0.717, 1.165) is 23.4 Å². The zero-order valence-electron chi connectivity index (χ0n) is 22.7. The van der Waals surface area contributed by atoms with Gasteiger partial charge in [-0.25, -0.2) is 9.97 Å². The quantitative estimate of drug-likeness (QED) is 0.217. The Bertz CT molecular complexity index is 1520. The Morgan fingerprint density at radius 3 is 2.50 bits per heavy atom. The van der Waals surface area contributed by atoms with E-state index in [4.69, 9.17) is 0 Å². The molecule has 13 heteroatoms. The van der Waals surface area contributed by atoms with E-state index in [0.29, 0.717) is 34.4 Å². The summed E-state index contributed by atoms with van der Waals surface area (Å²) < 4.78 is 42.3. The van der Waals surface area contributed by atoms with Gasteiger partial charge in [0.25, 0.3) is 5.91 Å². The first-order chi connectivity index (χ1) is 18.9. The van der Waals surface area contributed by atoms with Crippen LogP contribution in [0.5, 0.6) is 0 Å². The van der Waals surface area contributed by atoms with Crippen LogP contribution in [-0.4, -0.2) is 51.8 Å². The second-order valence-electron chi connectivity index (χ2n) is 9.35. The normalized spacial score (nSPS) is 11.5. The molecule has 0 atom stereocenters. The number of hydrogen-bond acceptors (Lipinski definition) is 8. The number of carbonyl (C=O) groups excluding carboxylic acids is 1. The maximum Gasteiger partial charge on any atom is 0.416 e. The summed E-state index contributed by atoms with van der Waals surface area (Å²) in [5.41, 5.74) is 4.96. The van der Waals surface area contributed by atoms with Crippen molar-refractivity contribution in [2.45, 2.75) is 26.6 Å². The molecule has 0 saturated heterocycles. The first kappa shape index (κ1) is 28.5.